The highest BCUT2D eigenvalue weighted by Crippen LogP contribution is 2.22. The van der Waals surface area contributed by atoms with Gasteiger partial charge in [0, 0.05) is 6.04 Å². The molecule has 1 unspecified atom stereocenters. The predicted molar refractivity (Wildman–Crippen MR) is 67.0 cm³/mol. The molecule has 0 aromatic heterocycles. The van der Waals surface area contributed by atoms with Gasteiger partial charge in [0.1, 0.15) is 5.82 Å². The maximum absolute atomic E-state index is 12.8. The summed E-state index contributed by atoms with van der Waals surface area (Å²) < 4.78 is 12.8. The van der Waals surface area contributed by atoms with Crippen LogP contribution in [0, 0.1) is 11.2 Å². The van der Waals surface area contributed by atoms with Crippen LogP contribution in [0.15, 0.2) is 24.3 Å². The van der Waals surface area contributed by atoms with Gasteiger partial charge in [0.15, 0.2) is 0 Å². The monoisotopic (exact) mass is 223 g/mol. The lowest BCUT2D eigenvalue weighted by Crippen LogP contribution is -2.41. The molecular weight excluding hydrogens is 201 g/mol. The molecule has 0 saturated carbocycles. The van der Waals surface area contributed by atoms with E-state index in [2.05, 4.69) is 33.0 Å². The van der Waals surface area contributed by atoms with Crippen molar-refractivity contribution < 1.29 is 4.39 Å². The summed E-state index contributed by atoms with van der Waals surface area (Å²) in [6.07, 6.45) is 0.942. The van der Waals surface area contributed by atoms with E-state index < -0.39 is 0 Å². The van der Waals surface area contributed by atoms with E-state index in [-0.39, 0.29) is 11.2 Å². The van der Waals surface area contributed by atoms with E-state index in [4.69, 9.17) is 0 Å². The summed E-state index contributed by atoms with van der Waals surface area (Å²) in [5.41, 5.74) is 1.40. The molecule has 1 rings (SSSR count). The average Bonchev–Trinajstić information content (AvgIpc) is 2.19. The van der Waals surface area contributed by atoms with Crippen LogP contribution < -0.4 is 5.32 Å². The van der Waals surface area contributed by atoms with Gasteiger partial charge < -0.3 is 5.32 Å². The minimum Gasteiger partial charge on any atom is -0.313 e. The van der Waals surface area contributed by atoms with Crippen molar-refractivity contribution in [1.29, 1.82) is 0 Å². The fraction of sp³-hybridized carbons (Fsp3) is 0.571. The highest BCUT2D eigenvalue weighted by atomic mass is 19.1. The number of likely N-dealkylation sites (N-methyl/N-ethyl adjacent to an activating group) is 1. The summed E-state index contributed by atoms with van der Waals surface area (Å²) in [5, 5.41) is 3.49. The minimum absolute atomic E-state index is 0.167. The molecule has 0 radical (unpaired) electrons. The Kier molecular flexibility index (Phi) is 4.48. The zero-order chi connectivity index (χ0) is 12.2. The van der Waals surface area contributed by atoms with Crippen molar-refractivity contribution in [3.8, 4) is 0 Å². The molecule has 2 heteroatoms. The second-order valence-electron chi connectivity index (χ2n) is 5.31. The van der Waals surface area contributed by atoms with Crippen LogP contribution >= 0.6 is 0 Å². The third-order valence-corrected chi connectivity index (χ3v) is 2.85. The van der Waals surface area contributed by atoms with Crippen LogP contribution in [0.3, 0.4) is 0 Å². The van der Waals surface area contributed by atoms with E-state index in [1.165, 1.54) is 17.7 Å². The van der Waals surface area contributed by atoms with Crippen molar-refractivity contribution in [2.45, 2.75) is 40.2 Å². The molecule has 0 aliphatic heterocycles. The van der Waals surface area contributed by atoms with Crippen LogP contribution in [0.5, 0.6) is 0 Å². The molecule has 1 atom stereocenters. The number of hydrogen-bond acceptors (Lipinski definition) is 1. The van der Waals surface area contributed by atoms with E-state index in [0.717, 1.165) is 13.0 Å². The number of nitrogens with one attached hydrogen (secondary N) is 1. The van der Waals surface area contributed by atoms with Gasteiger partial charge in [-0.05, 0) is 36.1 Å². The van der Waals surface area contributed by atoms with E-state index in [9.17, 15) is 4.39 Å². The zero-order valence-electron chi connectivity index (χ0n) is 10.7. The molecule has 0 aliphatic carbocycles. The lowest BCUT2D eigenvalue weighted by molar-refractivity contribution is 0.270. The molecule has 1 aromatic carbocycles. The SMILES string of the molecule is CCNC(Cc1ccc(F)cc1)C(C)(C)C. The Morgan fingerprint density at radius 3 is 2.19 bits per heavy atom. The summed E-state index contributed by atoms with van der Waals surface area (Å²) in [6.45, 7) is 9.75. The summed E-state index contributed by atoms with van der Waals surface area (Å²) >= 11 is 0. The fourth-order valence-corrected chi connectivity index (χ4v) is 1.79. The second kappa shape index (κ2) is 5.44. The molecule has 16 heavy (non-hydrogen) atoms. The van der Waals surface area contributed by atoms with E-state index in [0.29, 0.717) is 6.04 Å². The van der Waals surface area contributed by atoms with Gasteiger partial charge >= 0.3 is 0 Å². The number of rotatable bonds is 4. The van der Waals surface area contributed by atoms with Gasteiger partial charge in [-0.1, -0.05) is 39.8 Å². The fourth-order valence-electron chi connectivity index (χ4n) is 1.79. The Hall–Kier alpha value is -0.890. The van der Waals surface area contributed by atoms with Crippen LogP contribution in [0.2, 0.25) is 0 Å². The van der Waals surface area contributed by atoms with Crippen LogP contribution in [0.4, 0.5) is 4.39 Å². The van der Waals surface area contributed by atoms with E-state index in [1.807, 2.05) is 12.1 Å². The van der Waals surface area contributed by atoms with Crippen molar-refractivity contribution in [1.82, 2.24) is 5.32 Å². The maximum Gasteiger partial charge on any atom is 0.123 e. The lowest BCUT2D eigenvalue weighted by atomic mass is 9.83. The van der Waals surface area contributed by atoms with Crippen LogP contribution in [-0.2, 0) is 6.42 Å². The van der Waals surface area contributed by atoms with Gasteiger partial charge in [-0.25, -0.2) is 4.39 Å². The smallest absolute Gasteiger partial charge is 0.123 e. The summed E-state index contributed by atoms with van der Waals surface area (Å²) in [6, 6.07) is 7.21. The molecule has 1 nitrogen and oxygen atoms in total. The topological polar surface area (TPSA) is 12.0 Å². The molecule has 0 heterocycles. The van der Waals surface area contributed by atoms with Crippen molar-refractivity contribution in [3.05, 3.63) is 35.6 Å². The quantitative estimate of drug-likeness (QED) is 0.825. The van der Waals surface area contributed by atoms with Crippen molar-refractivity contribution in [2.24, 2.45) is 5.41 Å². The largest absolute Gasteiger partial charge is 0.313 e. The molecule has 90 valence electrons. The molecule has 0 saturated heterocycles. The number of halogens is 1. The lowest BCUT2D eigenvalue weighted by Gasteiger charge is -2.31. The Bertz CT molecular complexity index is 311. The number of benzene rings is 1. The van der Waals surface area contributed by atoms with Crippen LogP contribution in [-0.4, -0.2) is 12.6 Å². The summed E-state index contributed by atoms with van der Waals surface area (Å²) in [5.74, 6) is -0.167. The van der Waals surface area contributed by atoms with Crippen molar-refractivity contribution >= 4 is 0 Å². The summed E-state index contributed by atoms with van der Waals surface area (Å²) in [7, 11) is 0. The first-order chi connectivity index (χ1) is 7.43. The van der Waals surface area contributed by atoms with Gasteiger partial charge in [-0.3, -0.25) is 0 Å². The van der Waals surface area contributed by atoms with Crippen molar-refractivity contribution in [3.63, 3.8) is 0 Å². The Labute approximate surface area is 98.1 Å². The molecule has 0 fully saturated rings. The predicted octanol–water partition coefficient (Wildman–Crippen LogP) is 3.39. The maximum atomic E-state index is 12.8. The Balaban J connectivity index is 2.72. The minimum atomic E-state index is -0.167. The molecular formula is C14H22FN. The van der Waals surface area contributed by atoms with E-state index in [1.54, 1.807) is 0 Å². The van der Waals surface area contributed by atoms with Gasteiger partial charge in [-0.15, -0.1) is 0 Å². The first-order valence-electron chi connectivity index (χ1n) is 5.91. The van der Waals surface area contributed by atoms with Gasteiger partial charge in [-0.2, -0.15) is 0 Å². The first-order valence-corrected chi connectivity index (χ1v) is 5.91. The summed E-state index contributed by atoms with van der Waals surface area (Å²) in [4.78, 5) is 0. The molecule has 0 bridgehead atoms. The van der Waals surface area contributed by atoms with Gasteiger partial charge in [0.25, 0.3) is 0 Å². The van der Waals surface area contributed by atoms with Crippen molar-refractivity contribution in [2.75, 3.05) is 6.54 Å². The standard InChI is InChI=1S/C14H22FN/c1-5-16-13(14(2,3)4)10-11-6-8-12(15)9-7-11/h6-9,13,16H,5,10H2,1-4H3. The zero-order valence-corrected chi connectivity index (χ0v) is 10.7. The normalized spacial score (nSPS) is 13.8. The Morgan fingerprint density at radius 2 is 1.75 bits per heavy atom. The Morgan fingerprint density at radius 1 is 1.19 bits per heavy atom. The molecule has 1 N–H and O–H groups in total. The van der Waals surface area contributed by atoms with E-state index >= 15 is 0 Å². The highest BCUT2D eigenvalue weighted by molar-refractivity contribution is 5.17. The molecule has 0 aliphatic rings. The third kappa shape index (κ3) is 3.93. The van der Waals surface area contributed by atoms with Crippen LogP contribution in [0.1, 0.15) is 33.3 Å². The molecule has 1 aromatic rings. The average molecular weight is 223 g/mol. The van der Waals surface area contributed by atoms with Crippen LogP contribution in [0.25, 0.3) is 0 Å². The first kappa shape index (κ1) is 13.2. The highest BCUT2D eigenvalue weighted by Gasteiger charge is 2.23. The third-order valence-electron chi connectivity index (χ3n) is 2.85. The number of hydrogen-bond donors (Lipinski definition) is 1. The molecule has 0 spiro atoms. The van der Waals surface area contributed by atoms with Gasteiger partial charge in [0.05, 0.1) is 0 Å². The van der Waals surface area contributed by atoms with Gasteiger partial charge in [0.2, 0.25) is 0 Å². The second-order valence-corrected chi connectivity index (χ2v) is 5.31. The molecule has 0 amide bonds.